The molecule has 1 aromatic rings. The minimum Gasteiger partial charge on any atom is -0.467 e. The van der Waals surface area contributed by atoms with E-state index in [9.17, 15) is 9.59 Å². The van der Waals surface area contributed by atoms with E-state index in [0.29, 0.717) is 11.3 Å². The molecule has 1 heterocycles. The number of esters is 1. The number of amides is 1. The van der Waals surface area contributed by atoms with Crippen LogP contribution >= 0.6 is 12.4 Å². The van der Waals surface area contributed by atoms with Crippen LogP contribution in [0.3, 0.4) is 0 Å². The minimum atomic E-state index is -0.474. The molecule has 0 bridgehead atoms. The van der Waals surface area contributed by atoms with Gasteiger partial charge in [0.25, 0.3) is 5.91 Å². The third-order valence-electron chi connectivity index (χ3n) is 1.82. The fourth-order valence-corrected chi connectivity index (χ4v) is 1.07. The third-order valence-corrected chi connectivity index (χ3v) is 1.82. The fraction of sp³-hybridized carbons (Fsp3) is 0.400. The first-order valence-electron chi connectivity index (χ1n) is 4.88. The van der Waals surface area contributed by atoms with Gasteiger partial charge in [0.05, 0.1) is 18.7 Å². The van der Waals surface area contributed by atoms with Crippen molar-refractivity contribution < 1.29 is 18.7 Å². The lowest BCUT2D eigenvalue weighted by atomic mass is 10.3. The lowest BCUT2D eigenvalue weighted by molar-refractivity contribution is -0.141. The Bertz CT molecular complexity index is 378. The van der Waals surface area contributed by atoms with Gasteiger partial charge in [-0.25, -0.2) is 0 Å². The first kappa shape index (κ1) is 15.5. The van der Waals surface area contributed by atoms with Crippen LogP contribution in [0.4, 0.5) is 0 Å². The maximum absolute atomic E-state index is 11.5. The molecule has 0 aliphatic rings. The standard InChI is InChI=1S/C10H14N2O4.ClH/c1-2-15-9(13)5-12-10(14)7-3-8(4-11)16-6-7;/h3,6H,2,4-5,11H2,1H3,(H,12,14);1H. The molecular weight excluding hydrogens is 248 g/mol. The van der Waals surface area contributed by atoms with E-state index < -0.39 is 11.9 Å². The Hall–Kier alpha value is -1.53. The molecule has 0 aromatic carbocycles. The summed E-state index contributed by atoms with van der Waals surface area (Å²) in [4.78, 5) is 22.4. The van der Waals surface area contributed by atoms with Crippen molar-refractivity contribution in [3.63, 3.8) is 0 Å². The molecule has 0 fully saturated rings. The number of nitrogens with two attached hydrogens (primary N) is 1. The molecule has 7 heteroatoms. The smallest absolute Gasteiger partial charge is 0.325 e. The van der Waals surface area contributed by atoms with Gasteiger partial charge in [0.2, 0.25) is 0 Å². The van der Waals surface area contributed by atoms with Crippen molar-refractivity contribution in [2.45, 2.75) is 13.5 Å². The van der Waals surface area contributed by atoms with E-state index >= 15 is 0 Å². The SMILES string of the molecule is CCOC(=O)CNC(=O)c1coc(CN)c1.Cl. The van der Waals surface area contributed by atoms with E-state index in [1.807, 2.05) is 0 Å². The van der Waals surface area contributed by atoms with Gasteiger partial charge in [-0.05, 0) is 13.0 Å². The summed E-state index contributed by atoms with van der Waals surface area (Å²) in [5, 5.41) is 2.41. The molecule has 0 saturated carbocycles. The first-order chi connectivity index (χ1) is 7.67. The van der Waals surface area contributed by atoms with Gasteiger partial charge in [-0.3, -0.25) is 9.59 Å². The fourth-order valence-electron chi connectivity index (χ4n) is 1.07. The lowest BCUT2D eigenvalue weighted by Crippen LogP contribution is -2.30. The maximum atomic E-state index is 11.5. The quantitative estimate of drug-likeness (QED) is 0.752. The Morgan fingerprint density at radius 3 is 2.76 bits per heavy atom. The molecule has 17 heavy (non-hydrogen) atoms. The van der Waals surface area contributed by atoms with E-state index in [4.69, 9.17) is 10.2 Å². The van der Waals surface area contributed by atoms with E-state index in [0.717, 1.165) is 0 Å². The van der Waals surface area contributed by atoms with Crippen molar-refractivity contribution in [3.8, 4) is 0 Å². The summed E-state index contributed by atoms with van der Waals surface area (Å²) in [7, 11) is 0. The Morgan fingerprint density at radius 1 is 1.53 bits per heavy atom. The molecule has 0 aliphatic heterocycles. The molecule has 0 atom stereocenters. The summed E-state index contributed by atoms with van der Waals surface area (Å²) in [5.74, 6) is -0.351. The number of furan rings is 1. The monoisotopic (exact) mass is 262 g/mol. The molecule has 1 amide bonds. The zero-order valence-electron chi connectivity index (χ0n) is 9.39. The number of nitrogens with one attached hydrogen (secondary N) is 1. The zero-order valence-corrected chi connectivity index (χ0v) is 10.2. The van der Waals surface area contributed by atoms with Crippen molar-refractivity contribution in [3.05, 3.63) is 23.7 Å². The topological polar surface area (TPSA) is 94.6 Å². The summed E-state index contributed by atoms with van der Waals surface area (Å²) < 4.78 is 9.64. The van der Waals surface area contributed by atoms with E-state index in [-0.39, 0.29) is 32.1 Å². The second kappa shape index (κ2) is 7.70. The summed E-state index contributed by atoms with van der Waals surface area (Å²) >= 11 is 0. The zero-order chi connectivity index (χ0) is 12.0. The van der Waals surface area contributed by atoms with E-state index in [1.165, 1.54) is 12.3 Å². The highest BCUT2D eigenvalue weighted by Crippen LogP contribution is 2.06. The second-order valence-electron chi connectivity index (χ2n) is 2.99. The highest BCUT2D eigenvalue weighted by molar-refractivity contribution is 5.95. The Balaban J connectivity index is 0.00000256. The summed E-state index contributed by atoms with van der Waals surface area (Å²) in [5.41, 5.74) is 5.66. The summed E-state index contributed by atoms with van der Waals surface area (Å²) in [6, 6.07) is 1.53. The molecule has 6 nitrogen and oxygen atoms in total. The molecular formula is C10H15ClN2O4. The van der Waals surface area contributed by atoms with Crippen molar-refractivity contribution in [1.29, 1.82) is 0 Å². The molecule has 1 aromatic heterocycles. The van der Waals surface area contributed by atoms with E-state index in [1.54, 1.807) is 6.92 Å². The average Bonchev–Trinajstić information content (AvgIpc) is 2.75. The highest BCUT2D eigenvalue weighted by atomic mass is 35.5. The minimum absolute atomic E-state index is 0. The van der Waals surface area contributed by atoms with Crippen molar-refractivity contribution in [2.75, 3.05) is 13.2 Å². The van der Waals surface area contributed by atoms with Crippen molar-refractivity contribution in [2.24, 2.45) is 5.73 Å². The van der Waals surface area contributed by atoms with Crippen LogP contribution in [0.15, 0.2) is 16.7 Å². The second-order valence-corrected chi connectivity index (χ2v) is 2.99. The molecule has 0 spiro atoms. The molecule has 1 rings (SSSR count). The first-order valence-corrected chi connectivity index (χ1v) is 4.88. The van der Waals surface area contributed by atoms with Crippen LogP contribution in [-0.4, -0.2) is 25.0 Å². The Kier molecular flexibility index (Phi) is 7.00. The van der Waals surface area contributed by atoms with Gasteiger partial charge in [-0.15, -0.1) is 12.4 Å². The largest absolute Gasteiger partial charge is 0.467 e. The molecule has 0 unspecified atom stereocenters. The van der Waals surface area contributed by atoms with E-state index in [2.05, 4.69) is 10.1 Å². The van der Waals surface area contributed by atoms with Crippen LogP contribution in [0.5, 0.6) is 0 Å². The number of hydrogen-bond donors (Lipinski definition) is 2. The lowest BCUT2D eigenvalue weighted by Gasteiger charge is -2.02. The van der Waals surface area contributed by atoms with Gasteiger partial charge in [0.15, 0.2) is 0 Å². The van der Waals surface area contributed by atoms with Gasteiger partial charge in [-0.2, -0.15) is 0 Å². The average molecular weight is 263 g/mol. The van der Waals surface area contributed by atoms with Gasteiger partial charge in [0.1, 0.15) is 18.6 Å². The van der Waals surface area contributed by atoms with Gasteiger partial charge >= 0.3 is 5.97 Å². The predicted molar refractivity (Wildman–Crippen MR) is 62.8 cm³/mol. The number of halogens is 1. The molecule has 0 saturated heterocycles. The number of ether oxygens (including phenoxy) is 1. The number of rotatable bonds is 5. The van der Waals surface area contributed by atoms with Gasteiger partial charge in [-0.1, -0.05) is 0 Å². The summed E-state index contributed by atoms with van der Waals surface area (Å²) in [6.07, 6.45) is 1.29. The van der Waals surface area contributed by atoms with Crippen LogP contribution in [0.1, 0.15) is 23.0 Å². The molecule has 0 aliphatic carbocycles. The third kappa shape index (κ3) is 4.88. The van der Waals surface area contributed by atoms with Gasteiger partial charge < -0.3 is 20.2 Å². The van der Waals surface area contributed by atoms with Crippen LogP contribution in [0.2, 0.25) is 0 Å². The van der Waals surface area contributed by atoms with Crippen LogP contribution in [-0.2, 0) is 16.1 Å². The van der Waals surface area contributed by atoms with Crippen LogP contribution < -0.4 is 11.1 Å². The van der Waals surface area contributed by atoms with Gasteiger partial charge in [0, 0.05) is 0 Å². The van der Waals surface area contributed by atoms with Crippen LogP contribution in [0, 0.1) is 0 Å². The number of carbonyl (C=O) groups is 2. The predicted octanol–water partition coefficient (Wildman–Crippen LogP) is 0.453. The molecule has 0 radical (unpaired) electrons. The molecule has 96 valence electrons. The normalized spacial score (nSPS) is 9.29. The highest BCUT2D eigenvalue weighted by Gasteiger charge is 2.11. The van der Waals surface area contributed by atoms with Crippen molar-refractivity contribution in [1.82, 2.24) is 5.32 Å². The maximum Gasteiger partial charge on any atom is 0.325 e. The van der Waals surface area contributed by atoms with Crippen molar-refractivity contribution >= 4 is 24.3 Å². The summed E-state index contributed by atoms with van der Waals surface area (Å²) in [6.45, 7) is 2.06. The Labute approximate surface area is 105 Å². The van der Waals surface area contributed by atoms with Crippen LogP contribution in [0.25, 0.3) is 0 Å². The Morgan fingerprint density at radius 2 is 2.24 bits per heavy atom. The molecule has 3 N–H and O–H groups in total. The number of carbonyl (C=O) groups excluding carboxylic acids is 2. The number of hydrogen-bond acceptors (Lipinski definition) is 5.